The van der Waals surface area contributed by atoms with Crippen molar-refractivity contribution in [3.05, 3.63) is 164 Å². The van der Waals surface area contributed by atoms with Crippen molar-refractivity contribution in [3.8, 4) is 34.2 Å². The minimum Gasteiger partial charge on any atom is -0.277 e. The van der Waals surface area contributed by atoms with Crippen molar-refractivity contribution in [2.75, 3.05) is 0 Å². The molecule has 0 fully saturated rings. The van der Waals surface area contributed by atoms with E-state index in [4.69, 9.17) is 15.1 Å². The fraction of sp³-hybridized carbons (Fsp3) is 0. The van der Waals surface area contributed by atoms with Crippen LogP contribution in [0.3, 0.4) is 0 Å². The van der Waals surface area contributed by atoms with E-state index >= 15 is 0 Å². The molecular weight excluding hydrogens is 587 g/mol. The standard InChI is InChI=1S/C43H27N5/c1-4-13-29(14-5-1)36-26-37(30-15-6-2-7-16-30)46-43(45-36)47-39-25-24-38-35(27-44-48(38)32-17-8-3-9-18-32)41(39)34-23-22-31-21-20-28-12-10-11-19-33(28)40(31)42(34)47/h1-27H. The lowest BCUT2D eigenvalue weighted by atomic mass is 9.99. The monoisotopic (exact) mass is 613 g/mol. The van der Waals surface area contributed by atoms with Gasteiger partial charge in [0.1, 0.15) is 0 Å². The van der Waals surface area contributed by atoms with Gasteiger partial charge in [0.15, 0.2) is 0 Å². The molecule has 10 aromatic rings. The molecule has 0 aliphatic heterocycles. The molecule has 0 saturated carbocycles. The average Bonchev–Trinajstić information content (AvgIpc) is 3.75. The molecule has 0 unspecified atom stereocenters. The van der Waals surface area contributed by atoms with Crippen LogP contribution < -0.4 is 0 Å². The van der Waals surface area contributed by atoms with Crippen LogP contribution in [0.4, 0.5) is 0 Å². The largest absolute Gasteiger partial charge is 0.277 e. The highest BCUT2D eigenvalue weighted by atomic mass is 15.3. The van der Waals surface area contributed by atoms with Crippen molar-refractivity contribution in [2.45, 2.75) is 0 Å². The van der Waals surface area contributed by atoms with Crippen molar-refractivity contribution in [1.29, 1.82) is 0 Å². The lowest BCUT2D eigenvalue weighted by Crippen LogP contribution is -2.04. The Labute approximate surface area is 276 Å². The zero-order valence-corrected chi connectivity index (χ0v) is 25.8. The smallest absolute Gasteiger partial charge is 0.235 e. The van der Waals surface area contributed by atoms with E-state index in [1.54, 1.807) is 0 Å². The van der Waals surface area contributed by atoms with Crippen LogP contribution in [0.1, 0.15) is 0 Å². The maximum Gasteiger partial charge on any atom is 0.235 e. The van der Waals surface area contributed by atoms with Gasteiger partial charge < -0.3 is 0 Å². The maximum absolute atomic E-state index is 5.32. The van der Waals surface area contributed by atoms with Crippen molar-refractivity contribution in [3.63, 3.8) is 0 Å². The van der Waals surface area contributed by atoms with Gasteiger partial charge in [0.25, 0.3) is 0 Å². The third-order valence-corrected chi connectivity index (χ3v) is 9.40. The highest BCUT2D eigenvalue weighted by Crippen LogP contribution is 2.42. The minimum atomic E-state index is 0.630. The molecule has 0 amide bonds. The van der Waals surface area contributed by atoms with Crippen LogP contribution in [0.5, 0.6) is 0 Å². The van der Waals surface area contributed by atoms with Crippen LogP contribution >= 0.6 is 0 Å². The zero-order chi connectivity index (χ0) is 31.6. The number of nitrogens with zero attached hydrogens (tertiary/aromatic N) is 5. The molecule has 0 spiro atoms. The molecule has 0 N–H and O–H groups in total. The number of hydrogen-bond acceptors (Lipinski definition) is 3. The molecule has 0 aliphatic carbocycles. The van der Waals surface area contributed by atoms with E-state index in [1.807, 2.05) is 41.2 Å². The average molecular weight is 614 g/mol. The second-order valence-electron chi connectivity index (χ2n) is 12.1. The summed E-state index contributed by atoms with van der Waals surface area (Å²) in [6.45, 7) is 0. The van der Waals surface area contributed by atoms with Gasteiger partial charge in [-0.3, -0.25) is 4.57 Å². The van der Waals surface area contributed by atoms with Gasteiger partial charge >= 0.3 is 0 Å². The Hall–Kier alpha value is -6.59. The van der Waals surface area contributed by atoms with Gasteiger partial charge in [0.05, 0.1) is 39.8 Å². The maximum atomic E-state index is 5.32. The molecule has 48 heavy (non-hydrogen) atoms. The fourth-order valence-electron chi connectivity index (χ4n) is 7.22. The van der Waals surface area contributed by atoms with Gasteiger partial charge in [-0.1, -0.05) is 127 Å². The summed E-state index contributed by atoms with van der Waals surface area (Å²) < 4.78 is 4.30. The second kappa shape index (κ2) is 10.5. The van der Waals surface area contributed by atoms with E-state index in [0.29, 0.717) is 5.95 Å². The highest BCUT2D eigenvalue weighted by Gasteiger charge is 2.22. The SMILES string of the molecule is c1ccc(-c2cc(-c3ccccc3)nc(-n3c4ccc5c(cnn5-c5ccccc5)c4c4ccc5ccc6ccccc6c5c43)n2)cc1. The molecule has 0 aliphatic rings. The lowest BCUT2D eigenvalue weighted by molar-refractivity contribution is 0.911. The topological polar surface area (TPSA) is 48.5 Å². The summed E-state index contributed by atoms with van der Waals surface area (Å²) in [6.07, 6.45) is 2.00. The van der Waals surface area contributed by atoms with Crippen LogP contribution in [0.15, 0.2) is 164 Å². The number of para-hydroxylation sites is 1. The van der Waals surface area contributed by atoms with Gasteiger partial charge in [-0.2, -0.15) is 5.10 Å². The summed E-state index contributed by atoms with van der Waals surface area (Å²) in [5, 5.41) is 13.0. The van der Waals surface area contributed by atoms with E-state index < -0.39 is 0 Å². The Morgan fingerprint density at radius 3 is 1.77 bits per heavy atom. The summed E-state index contributed by atoms with van der Waals surface area (Å²) in [5.74, 6) is 0.630. The Bertz CT molecular complexity index is 2760. The highest BCUT2D eigenvalue weighted by molar-refractivity contribution is 6.29. The van der Waals surface area contributed by atoms with Crippen molar-refractivity contribution >= 4 is 54.3 Å². The molecule has 224 valence electrons. The van der Waals surface area contributed by atoms with E-state index in [9.17, 15) is 0 Å². The second-order valence-corrected chi connectivity index (χ2v) is 12.1. The predicted octanol–water partition coefficient (Wildman–Crippen LogP) is 10.6. The van der Waals surface area contributed by atoms with Crippen LogP contribution in [0.2, 0.25) is 0 Å². The predicted molar refractivity (Wildman–Crippen MR) is 197 cm³/mol. The molecule has 0 bridgehead atoms. The molecule has 0 radical (unpaired) electrons. The van der Waals surface area contributed by atoms with Gasteiger partial charge in [0, 0.05) is 32.7 Å². The molecule has 3 heterocycles. The molecule has 0 atom stereocenters. The number of fused-ring (bicyclic) bond motifs is 9. The van der Waals surface area contributed by atoms with Crippen LogP contribution in [0.25, 0.3) is 88.4 Å². The van der Waals surface area contributed by atoms with Gasteiger partial charge in [-0.05, 0) is 46.5 Å². The molecule has 10 rings (SSSR count). The minimum absolute atomic E-state index is 0.630. The van der Waals surface area contributed by atoms with Crippen molar-refractivity contribution in [1.82, 2.24) is 24.3 Å². The summed E-state index contributed by atoms with van der Waals surface area (Å²) >= 11 is 0. The molecular formula is C43H27N5. The molecule has 3 aromatic heterocycles. The Morgan fingerprint density at radius 2 is 1.04 bits per heavy atom. The lowest BCUT2D eigenvalue weighted by Gasteiger charge is -2.13. The van der Waals surface area contributed by atoms with Gasteiger partial charge in [0.2, 0.25) is 5.95 Å². The first-order valence-corrected chi connectivity index (χ1v) is 16.1. The Morgan fingerprint density at radius 1 is 0.438 bits per heavy atom. The normalized spacial score (nSPS) is 11.8. The third kappa shape index (κ3) is 4.01. The Balaban J connectivity index is 1.39. The summed E-state index contributed by atoms with van der Waals surface area (Å²) in [4.78, 5) is 10.6. The molecule has 5 heteroatoms. The quantitative estimate of drug-likeness (QED) is 0.186. The number of aromatic nitrogens is 5. The number of benzene rings is 7. The summed E-state index contributed by atoms with van der Waals surface area (Å²) in [6, 6.07) is 55.1. The number of rotatable bonds is 4. The molecule has 5 nitrogen and oxygen atoms in total. The fourth-order valence-corrected chi connectivity index (χ4v) is 7.22. The Kier molecular flexibility index (Phi) is 5.81. The van der Waals surface area contributed by atoms with E-state index in [2.05, 4.69) is 132 Å². The van der Waals surface area contributed by atoms with Crippen LogP contribution in [0, 0.1) is 0 Å². The van der Waals surface area contributed by atoms with E-state index in [-0.39, 0.29) is 0 Å². The third-order valence-electron chi connectivity index (χ3n) is 9.40. The van der Waals surface area contributed by atoms with Crippen LogP contribution in [-0.2, 0) is 0 Å². The summed E-state index contributed by atoms with van der Waals surface area (Å²) in [7, 11) is 0. The molecule has 7 aromatic carbocycles. The first kappa shape index (κ1) is 26.6. The first-order chi connectivity index (χ1) is 23.8. The van der Waals surface area contributed by atoms with Crippen LogP contribution in [-0.4, -0.2) is 24.3 Å². The zero-order valence-electron chi connectivity index (χ0n) is 25.8. The number of hydrogen-bond donors (Lipinski definition) is 0. The van der Waals surface area contributed by atoms with E-state index in [0.717, 1.165) is 60.9 Å². The molecule has 0 saturated heterocycles. The van der Waals surface area contributed by atoms with Crippen molar-refractivity contribution < 1.29 is 0 Å². The van der Waals surface area contributed by atoms with Gasteiger partial charge in [-0.25, -0.2) is 14.6 Å². The van der Waals surface area contributed by atoms with Crippen molar-refractivity contribution in [2.24, 2.45) is 0 Å². The summed E-state index contributed by atoms with van der Waals surface area (Å²) in [5.41, 5.74) is 8.03. The first-order valence-electron chi connectivity index (χ1n) is 16.1. The van der Waals surface area contributed by atoms with E-state index in [1.165, 1.54) is 21.5 Å². The van der Waals surface area contributed by atoms with Gasteiger partial charge in [-0.15, -0.1) is 0 Å².